The number of hydrogen-bond acceptors (Lipinski definition) is 3. The highest BCUT2D eigenvalue weighted by Gasteiger charge is 2.23. The predicted molar refractivity (Wildman–Crippen MR) is 137 cm³/mol. The summed E-state index contributed by atoms with van der Waals surface area (Å²) >= 11 is 1.36. The van der Waals surface area contributed by atoms with Crippen molar-refractivity contribution in [3.63, 3.8) is 0 Å². The van der Waals surface area contributed by atoms with E-state index in [9.17, 15) is 9.59 Å². The van der Waals surface area contributed by atoms with Gasteiger partial charge < -0.3 is 20.2 Å². The Labute approximate surface area is 201 Å². The van der Waals surface area contributed by atoms with Crippen molar-refractivity contribution >= 4 is 45.0 Å². The van der Waals surface area contributed by atoms with E-state index in [0.29, 0.717) is 17.8 Å². The first kappa shape index (κ1) is 22.0. The lowest BCUT2D eigenvalue weighted by atomic mass is 10.0. The molecule has 3 N–H and O–H groups in total. The number of carbonyl (C=O) groups excluding carboxylic acids is 2. The Hall–Kier alpha value is -3.84. The monoisotopic (exact) mass is 470 g/mol. The van der Waals surface area contributed by atoms with Gasteiger partial charge in [-0.15, -0.1) is 11.3 Å². The lowest BCUT2D eigenvalue weighted by molar-refractivity contribution is -0.122. The molecule has 0 fully saturated rings. The average molecular weight is 471 g/mol. The molecule has 34 heavy (non-hydrogen) atoms. The van der Waals surface area contributed by atoms with Crippen LogP contribution in [-0.4, -0.2) is 34.0 Å². The van der Waals surface area contributed by atoms with Gasteiger partial charge in [0, 0.05) is 48.3 Å². The maximum Gasteiger partial charge on any atom is 0.262 e. The fraction of sp³-hybridized carbons (Fsp3) is 0.185. The summed E-state index contributed by atoms with van der Waals surface area (Å²) in [7, 11) is 0. The second kappa shape index (κ2) is 9.97. The molecule has 0 unspecified atom stereocenters. The van der Waals surface area contributed by atoms with Gasteiger partial charge in [0.1, 0.15) is 6.04 Å². The highest BCUT2D eigenvalue weighted by atomic mass is 32.1. The maximum atomic E-state index is 13.1. The highest BCUT2D eigenvalue weighted by Crippen LogP contribution is 2.20. The lowest BCUT2D eigenvalue weighted by Gasteiger charge is -2.18. The van der Waals surface area contributed by atoms with Crippen LogP contribution in [0.5, 0.6) is 0 Å². The van der Waals surface area contributed by atoms with Crippen LogP contribution in [0, 0.1) is 0 Å². The number of thiophene rings is 1. The standard InChI is InChI=1S/C27H26N4O2S/c32-26(28-13-6-14-31-15-12-19-7-1-4-10-24(19)31)23(30-27(33)25-11-5-16-34-25)17-20-18-29-22-9-3-2-8-21(20)22/h1-5,7-12,15-16,18,23,29H,6,13-14,17H2,(H,28,32)(H,30,33)/t23-/m0/s1. The van der Waals surface area contributed by atoms with E-state index in [1.54, 1.807) is 6.07 Å². The van der Waals surface area contributed by atoms with Crippen LogP contribution in [0.15, 0.2) is 84.5 Å². The van der Waals surface area contributed by atoms with Gasteiger partial charge in [-0.1, -0.05) is 42.5 Å². The number of aromatic amines is 1. The molecule has 7 heteroatoms. The fourth-order valence-corrected chi connectivity index (χ4v) is 4.91. The summed E-state index contributed by atoms with van der Waals surface area (Å²) in [6, 6.07) is 21.3. The Kier molecular flexibility index (Phi) is 6.44. The number of H-pyrrole nitrogens is 1. The third-order valence-electron chi connectivity index (χ3n) is 6.02. The SMILES string of the molecule is O=C(N[C@@H](Cc1c[nH]c2ccccc12)C(=O)NCCCn1ccc2ccccc21)c1cccs1. The number of para-hydroxylation sites is 2. The van der Waals surface area contributed by atoms with Crippen LogP contribution < -0.4 is 10.6 Å². The lowest BCUT2D eigenvalue weighted by Crippen LogP contribution is -2.48. The smallest absolute Gasteiger partial charge is 0.262 e. The zero-order valence-corrected chi connectivity index (χ0v) is 19.5. The van der Waals surface area contributed by atoms with Crippen LogP contribution in [0.2, 0.25) is 0 Å². The van der Waals surface area contributed by atoms with Crippen LogP contribution >= 0.6 is 11.3 Å². The van der Waals surface area contributed by atoms with Gasteiger partial charge in [-0.2, -0.15) is 0 Å². The Morgan fingerprint density at radius 2 is 1.85 bits per heavy atom. The van der Waals surface area contributed by atoms with Crippen LogP contribution in [0.1, 0.15) is 21.7 Å². The van der Waals surface area contributed by atoms with Crippen molar-refractivity contribution in [1.29, 1.82) is 0 Å². The number of rotatable bonds is 9. The molecular formula is C27H26N4O2S. The van der Waals surface area contributed by atoms with Crippen molar-refractivity contribution in [1.82, 2.24) is 20.2 Å². The molecule has 3 heterocycles. The number of hydrogen-bond donors (Lipinski definition) is 3. The van der Waals surface area contributed by atoms with Gasteiger partial charge in [-0.05, 0) is 47.0 Å². The van der Waals surface area contributed by atoms with E-state index in [1.807, 2.05) is 54.0 Å². The minimum atomic E-state index is -0.666. The van der Waals surface area contributed by atoms with Crippen molar-refractivity contribution in [2.75, 3.05) is 6.54 Å². The number of aromatic nitrogens is 2. The van der Waals surface area contributed by atoms with E-state index >= 15 is 0 Å². The van der Waals surface area contributed by atoms with E-state index in [0.717, 1.165) is 29.4 Å². The van der Waals surface area contributed by atoms with Gasteiger partial charge in [0.05, 0.1) is 4.88 Å². The van der Waals surface area contributed by atoms with Crippen LogP contribution in [0.4, 0.5) is 0 Å². The number of amides is 2. The molecule has 172 valence electrons. The first-order valence-electron chi connectivity index (χ1n) is 11.4. The summed E-state index contributed by atoms with van der Waals surface area (Å²) in [5.41, 5.74) is 3.20. The normalized spacial score (nSPS) is 12.1. The van der Waals surface area contributed by atoms with Gasteiger partial charge >= 0.3 is 0 Å². The van der Waals surface area contributed by atoms with Gasteiger partial charge in [0.2, 0.25) is 5.91 Å². The van der Waals surface area contributed by atoms with E-state index in [2.05, 4.69) is 44.6 Å². The van der Waals surface area contributed by atoms with Gasteiger partial charge in [0.15, 0.2) is 0 Å². The van der Waals surface area contributed by atoms with Crippen LogP contribution in [0.25, 0.3) is 21.8 Å². The predicted octanol–water partition coefficient (Wildman–Crippen LogP) is 4.73. The van der Waals surface area contributed by atoms with Crippen molar-refractivity contribution in [3.05, 3.63) is 94.9 Å². The molecular weight excluding hydrogens is 444 g/mol. The Morgan fingerprint density at radius 1 is 1.00 bits per heavy atom. The van der Waals surface area contributed by atoms with E-state index in [1.165, 1.54) is 22.2 Å². The Morgan fingerprint density at radius 3 is 2.74 bits per heavy atom. The van der Waals surface area contributed by atoms with E-state index < -0.39 is 6.04 Å². The van der Waals surface area contributed by atoms with Crippen LogP contribution in [-0.2, 0) is 17.8 Å². The second-order valence-electron chi connectivity index (χ2n) is 8.28. The van der Waals surface area contributed by atoms with Crippen LogP contribution in [0.3, 0.4) is 0 Å². The van der Waals surface area contributed by atoms with E-state index in [4.69, 9.17) is 0 Å². The highest BCUT2D eigenvalue weighted by molar-refractivity contribution is 7.12. The van der Waals surface area contributed by atoms with Gasteiger partial charge in [-0.25, -0.2) is 0 Å². The molecule has 0 bridgehead atoms. The quantitative estimate of drug-likeness (QED) is 0.272. The molecule has 0 aliphatic carbocycles. The van der Waals surface area contributed by atoms with E-state index in [-0.39, 0.29) is 11.8 Å². The van der Waals surface area contributed by atoms with Gasteiger partial charge in [0.25, 0.3) is 5.91 Å². The topological polar surface area (TPSA) is 78.9 Å². The Bertz CT molecular complexity index is 1420. The third kappa shape index (κ3) is 4.75. The molecule has 0 saturated heterocycles. The van der Waals surface area contributed by atoms with Gasteiger partial charge in [-0.3, -0.25) is 9.59 Å². The summed E-state index contributed by atoms with van der Waals surface area (Å²) < 4.78 is 2.20. The number of carbonyl (C=O) groups is 2. The molecule has 0 aliphatic rings. The zero-order valence-electron chi connectivity index (χ0n) is 18.7. The molecule has 2 amide bonds. The average Bonchev–Trinajstić information content (AvgIpc) is 3.62. The Balaban J connectivity index is 1.25. The molecule has 1 atom stereocenters. The summed E-state index contributed by atoms with van der Waals surface area (Å²) in [4.78, 5) is 29.7. The minimum absolute atomic E-state index is 0.174. The summed E-state index contributed by atoms with van der Waals surface area (Å²) in [6.45, 7) is 1.34. The number of benzene rings is 2. The molecule has 0 radical (unpaired) electrons. The number of fused-ring (bicyclic) bond motifs is 2. The molecule has 0 aliphatic heterocycles. The molecule has 3 aromatic heterocycles. The third-order valence-corrected chi connectivity index (χ3v) is 6.89. The number of nitrogens with one attached hydrogen (secondary N) is 3. The molecule has 6 nitrogen and oxygen atoms in total. The van der Waals surface area contributed by atoms with Crippen molar-refractivity contribution in [3.8, 4) is 0 Å². The summed E-state index contributed by atoms with van der Waals surface area (Å²) in [6.07, 6.45) is 5.20. The fourth-order valence-electron chi connectivity index (χ4n) is 4.29. The minimum Gasteiger partial charge on any atom is -0.361 e. The number of aryl methyl sites for hydroxylation is 1. The number of nitrogens with zero attached hydrogens (tertiary/aromatic N) is 1. The first-order chi connectivity index (χ1) is 16.7. The van der Waals surface area contributed by atoms with Crippen molar-refractivity contribution in [2.45, 2.75) is 25.4 Å². The molecule has 5 aromatic rings. The summed E-state index contributed by atoms with van der Waals surface area (Å²) in [5.74, 6) is -0.402. The van der Waals surface area contributed by atoms with Crippen molar-refractivity contribution < 1.29 is 9.59 Å². The van der Waals surface area contributed by atoms with Crippen molar-refractivity contribution in [2.24, 2.45) is 0 Å². The molecule has 0 saturated carbocycles. The molecule has 0 spiro atoms. The maximum absolute atomic E-state index is 13.1. The largest absolute Gasteiger partial charge is 0.361 e. The zero-order chi connectivity index (χ0) is 23.3. The molecule has 2 aromatic carbocycles. The first-order valence-corrected chi connectivity index (χ1v) is 12.3. The summed E-state index contributed by atoms with van der Waals surface area (Å²) in [5, 5.41) is 10.1. The molecule has 5 rings (SSSR count). The second-order valence-corrected chi connectivity index (χ2v) is 9.23.